The van der Waals surface area contributed by atoms with Crippen LogP contribution in [0.1, 0.15) is 45.6 Å². The Balaban J connectivity index is 1.68. The molecule has 0 N–H and O–H groups in total. The molecule has 2 aliphatic heterocycles. The van der Waals surface area contributed by atoms with Crippen molar-refractivity contribution in [3.8, 4) is 0 Å². The van der Waals surface area contributed by atoms with Crippen molar-refractivity contribution < 1.29 is 13.9 Å². The van der Waals surface area contributed by atoms with E-state index in [0.29, 0.717) is 19.3 Å². The molecule has 3 rings (SSSR count). The molecule has 3 nitrogen and oxygen atoms in total. The first kappa shape index (κ1) is 23.7. The molecule has 0 amide bonds. The van der Waals surface area contributed by atoms with Crippen molar-refractivity contribution in [1.29, 1.82) is 0 Å². The molecule has 0 aromatic heterocycles. The smallest absolute Gasteiger partial charge is 0.192 e. The third-order valence-corrected chi connectivity index (χ3v) is 14.1. The van der Waals surface area contributed by atoms with Crippen LogP contribution < -0.4 is 0 Å². The van der Waals surface area contributed by atoms with Crippen LogP contribution >= 0.6 is 23.5 Å². The lowest BCUT2D eigenvalue weighted by Gasteiger charge is -2.43. The summed E-state index contributed by atoms with van der Waals surface area (Å²) >= 11 is 4.27. The van der Waals surface area contributed by atoms with Crippen LogP contribution in [0.3, 0.4) is 0 Å². The first-order valence-electron chi connectivity index (χ1n) is 10.9. The number of thioether (sulfide) groups is 2. The molecule has 6 heteroatoms. The van der Waals surface area contributed by atoms with Crippen LogP contribution in [-0.2, 0) is 20.5 Å². The van der Waals surface area contributed by atoms with E-state index in [4.69, 9.17) is 13.9 Å². The van der Waals surface area contributed by atoms with E-state index in [1.807, 2.05) is 6.07 Å². The highest BCUT2D eigenvalue weighted by Crippen LogP contribution is 2.51. The molecule has 29 heavy (non-hydrogen) atoms. The molecule has 1 aromatic rings. The highest BCUT2D eigenvalue weighted by atomic mass is 32.2. The molecule has 2 atom stereocenters. The van der Waals surface area contributed by atoms with E-state index < -0.39 is 8.32 Å². The van der Waals surface area contributed by atoms with Gasteiger partial charge in [-0.15, -0.1) is 23.5 Å². The summed E-state index contributed by atoms with van der Waals surface area (Å²) in [6, 6.07) is 10.4. The van der Waals surface area contributed by atoms with Gasteiger partial charge in [-0.25, -0.2) is 0 Å². The fraction of sp³-hybridized carbons (Fsp3) is 0.739. The minimum absolute atomic E-state index is 0.136. The van der Waals surface area contributed by atoms with E-state index in [9.17, 15) is 0 Å². The summed E-state index contributed by atoms with van der Waals surface area (Å²) in [5, 5.41) is 0.199. The van der Waals surface area contributed by atoms with Gasteiger partial charge in [-0.1, -0.05) is 51.1 Å². The Morgan fingerprint density at radius 1 is 1.17 bits per heavy atom. The van der Waals surface area contributed by atoms with Crippen molar-refractivity contribution in [2.24, 2.45) is 0 Å². The molecule has 0 bridgehead atoms. The summed E-state index contributed by atoms with van der Waals surface area (Å²) in [6.07, 6.45) is 4.08. The third-order valence-electron chi connectivity index (χ3n) is 6.18. The second kappa shape index (κ2) is 10.1. The van der Waals surface area contributed by atoms with E-state index >= 15 is 0 Å². The molecule has 0 spiro atoms. The zero-order valence-electron chi connectivity index (χ0n) is 18.7. The summed E-state index contributed by atoms with van der Waals surface area (Å²) < 4.78 is 18.9. The maximum absolute atomic E-state index is 6.92. The molecule has 0 saturated carbocycles. The summed E-state index contributed by atoms with van der Waals surface area (Å²) in [4.78, 5) is 0. The van der Waals surface area contributed by atoms with Crippen LogP contribution in [0.5, 0.6) is 0 Å². The molecule has 2 fully saturated rings. The van der Waals surface area contributed by atoms with Gasteiger partial charge in [0.25, 0.3) is 0 Å². The van der Waals surface area contributed by atoms with Gasteiger partial charge in [0.1, 0.15) is 0 Å². The average Bonchev–Trinajstić information content (AvgIpc) is 3.45. The topological polar surface area (TPSA) is 31.0 Å². The predicted octanol–water partition coefficient (Wildman–Crippen LogP) is 6.34. The Morgan fingerprint density at radius 2 is 1.83 bits per heavy atom. The highest BCUT2D eigenvalue weighted by molar-refractivity contribution is 8.18. The molecule has 2 saturated heterocycles. The van der Waals surface area contributed by atoms with Crippen LogP contribution in [0.25, 0.3) is 0 Å². The Labute approximate surface area is 187 Å². The lowest BCUT2D eigenvalue weighted by Crippen LogP contribution is -2.47. The monoisotopic (exact) mass is 454 g/mol. The van der Waals surface area contributed by atoms with Crippen LogP contribution in [0.15, 0.2) is 30.3 Å². The van der Waals surface area contributed by atoms with Gasteiger partial charge in [-0.05, 0) is 54.5 Å². The Hall–Kier alpha value is 0.0169. The quantitative estimate of drug-likeness (QED) is 0.304. The second-order valence-electron chi connectivity index (χ2n) is 9.83. The molecule has 2 aliphatic rings. The molecule has 1 aromatic carbocycles. The van der Waals surface area contributed by atoms with E-state index in [1.54, 1.807) is 0 Å². The standard InChI is InChI=1S/C23H38O3S2Si/c1-22(2,3)29(4,5)26-21(17-24-16-19-10-7-6-8-11-19)15-23(14-20-18-25-20)27-12-9-13-28-23/h6-8,10-11,20-21H,9,12-18H2,1-5H3/t20-,21+/m0/s1. The molecule has 2 heterocycles. The van der Waals surface area contributed by atoms with Crippen LogP contribution in [-0.4, -0.2) is 49.3 Å². The van der Waals surface area contributed by atoms with E-state index in [2.05, 4.69) is 81.7 Å². The molecule has 0 radical (unpaired) electrons. The van der Waals surface area contributed by atoms with Gasteiger partial charge in [0.2, 0.25) is 0 Å². The minimum Gasteiger partial charge on any atom is -0.412 e. The first-order chi connectivity index (χ1) is 13.7. The maximum atomic E-state index is 6.92. The largest absolute Gasteiger partial charge is 0.412 e. The lowest BCUT2D eigenvalue weighted by atomic mass is 10.1. The van der Waals surface area contributed by atoms with Gasteiger partial charge in [0.05, 0.1) is 36.1 Å². The van der Waals surface area contributed by atoms with Crippen LogP contribution in [0.4, 0.5) is 0 Å². The lowest BCUT2D eigenvalue weighted by molar-refractivity contribution is 0.0287. The summed E-state index contributed by atoms with van der Waals surface area (Å²) in [5.74, 6) is 2.49. The van der Waals surface area contributed by atoms with Crippen molar-refractivity contribution in [3.63, 3.8) is 0 Å². The molecule has 0 aliphatic carbocycles. The molecular weight excluding hydrogens is 416 g/mol. The minimum atomic E-state index is -1.87. The van der Waals surface area contributed by atoms with Gasteiger partial charge in [-0.3, -0.25) is 0 Å². The van der Waals surface area contributed by atoms with Gasteiger partial charge < -0.3 is 13.9 Å². The maximum Gasteiger partial charge on any atom is 0.192 e. The van der Waals surface area contributed by atoms with Crippen LogP contribution in [0.2, 0.25) is 18.1 Å². The Morgan fingerprint density at radius 3 is 2.41 bits per heavy atom. The highest BCUT2D eigenvalue weighted by Gasteiger charge is 2.45. The zero-order chi connectivity index (χ0) is 21.0. The Kier molecular flexibility index (Phi) is 8.24. The number of rotatable bonds is 10. The number of epoxide rings is 1. The summed E-state index contributed by atoms with van der Waals surface area (Å²) in [6.45, 7) is 13.9. The summed E-state index contributed by atoms with van der Waals surface area (Å²) in [5.41, 5.74) is 1.22. The second-order valence-corrected chi connectivity index (χ2v) is 17.8. The first-order valence-corrected chi connectivity index (χ1v) is 15.8. The number of benzene rings is 1. The van der Waals surface area contributed by atoms with E-state index in [-0.39, 0.29) is 15.2 Å². The number of ether oxygens (including phenoxy) is 2. The number of hydrogen-bond acceptors (Lipinski definition) is 5. The molecule has 164 valence electrons. The Bertz CT molecular complexity index is 623. The summed E-state index contributed by atoms with van der Waals surface area (Å²) in [7, 11) is -1.87. The zero-order valence-corrected chi connectivity index (χ0v) is 21.4. The van der Waals surface area contributed by atoms with Gasteiger partial charge >= 0.3 is 0 Å². The predicted molar refractivity (Wildman–Crippen MR) is 129 cm³/mol. The van der Waals surface area contributed by atoms with Gasteiger partial charge in [0.15, 0.2) is 8.32 Å². The third kappa shape index (κ3) is 7.29. The molecular formula is C23H38O3S2Si. The number of hydrogen-bond donors (Lipinski definition) is 0. The fourth-order valence-electron chi connectivity index (χ4n) is 3.43. The van der Waals surface area contributed by atoms with Crippen molar-refractivity contribution in [2.45, 2.75) is 81.1 Å². The average molecular weight is 455 g/mol. The SMILES string of the molecule is CC(C)(C)[Si](C)(C)O[C@@H](COCc1ccccc1)CC1(C[C@H]2CO2)SCCCS1. The molecule has 0 unspecified atom stereocenters. The van der Waals surface area contributed by atoms with Crippen molar-refractivity contribution >= 4 is 31.8 Å². The normalized spacial score (nSPS) is 23.0. The fourth-order valence-corrected chi connectivity index (χ4v) is 8.32. The van der Waals surface area contributed by atoms with E-state index in [0.717, 1.165) is 19.4 Å². The van der Waals surface area contributed by atoms with Gasteiger partial charge in [-0.2, -0.15) is 0 Å². The van der Waals surface area contributed by atoms with E-state index in [1.165, 1.54) is 23.5 Å². The van der Waals surface area contributed by atoms with Gasteiger partial charge in [0, 0.05) is 0 Å². The van der Waals surface area contributed by atoms with Crippen LogP contribution in [0, 0.1) is 0 Å². The van der Waals surface area contributed by atoms with Crippen molar-refractivity contribution in [2.75, 3.05) is 24.7 Å². The van der Waals surface area contributed by atoms with Crippen molar-refractivity contribution in [3.05, 3.63) is 35.9 Å². The van der Waals surface area contributed by atoms with Crippen molar-refractivity contribution in [1.82, 2.24) is 0 Å².